The SMILES string of the molecule is COc1ccc(Cc2ccc3ccccc3n2)cc1. The molecule has 1 aromatic heterocycles. The van der Waals surface area contributed by atoms with Gasteiger partial charge in [0.2, 0.25) is 0 Å². The highest BCUT2D eigenvalue weighted by atomic mass is 16.5. The number of nitrogens with zero attached hydrogens (tertiary/aromatic N) is 1. The molecule has 0 aliphatic carbocycles. The van der Waals surface area contributed by atoms with Crippen molar-refractivity contribution in [1.29, 1.82) is 0 Å². The highest BCUT2D eigenvalue weighted by Crippen LogP contribution is 2.16. The van der Waals surface area contributed by atoms with Crippen LogP contribution in [0.4, 0.5) is 0 Å². The average molecular weight is 249 g/mol. The van der Waals surface area contributed by atoms with Gasteiger partial charge in [-0.15, -0.1) is 0 Å². The largest absolute Gasteiger partial charge is 0.497 e. The first-order valence-electron chi connectivity index (χ1n) is 6.33. The fourth-order valence-electron chi connectivity index (χ4n) is 2.16. The molecule has 94 valence electrons. The predicted octanol–water partition coefficient (Wildman–Crippen LogP) is 3.83. The normalized spacial score (nSPS) is 10.6. The van der Waals surface area contributed by atoms with Crippen molar-refractivity contribution in [2.24, 2.45) is 0 Å². The first kappa shape index (κ1) is 11.7. The summed E-state index contributed by atoms with van der Waals surface area (Å²) in [5, 5.41) is 1.18. The van der Waals surface area contributed by atoms with Crippen LogP contribution < -0.4 is 4.74 Å². The molecule has 0 aliphatic rings. The lowest BCUT2D eigenvalue weighted by atomic mass is 10.1. The molecule has 3 rings (SSSR count). The highest BCUT2D eigenvalue weighted by molar-refractivity contribution is 5.78. The summed E-state index contributed by atoms with van der Waals surface area (Å²) in [5.41, 5.74) is 3.38. The van der Waals surface area contributed by atoms with Crippen LogP contribution in [0.25, 0.3) is 10.9 Å². The standard InChI is InChI=1S/C17H15NO/c1-19-16-10-6-13(7-11-16)12-15-9-8-14-4-2-3-5-17(14)18-15/h2-11H,12H2,1H3. The first-order valence-corrected chi connectivity index (χ1v) is 6.33. The van der Waals surface area contributed by atoms with Crippen LogP contribution >= 0.6 is 0 Å². The van der Waals surface area contributed by atoms with Crippen LogP contribution in [0.2, 0.25) is 0 Å². The van der Waals surface area contributed by atoms with E-state index in [1.807, 2.05) is 30.3 Å². The Morgan fingerprint density at radius 3 is 2.47 bits per heavy atom. The fourth-order valence-corrected chi connectivity index (χ4v) is 2.16. The fraction of sp³-hybridized carbons (Fsp3) is 0.118. The third kappa shape index (κ3) is 2.58. The van der Waals surface area contributed by atoms with Gasteiger partial charge in [-0.25, -0.2) is 0 Å². The second-order valence-electron chi connectivity index (χ2n) is 4.52. The van der Waals surface area contributed by atoms with E-state index >= 15 is 0 Å². The molecule has 0 fully saturated rings. The maximum absolute atomic E-state index is 5.16. The van der Waals surface area contributed by atoms with Crippen LogP contribution in [-0.4, -0.2) is 12.1 Å². The summed E-state index contributed by atoms with van der Waals surface area (Å²) in [6, 6.07) is 20.5. The Kier molecular flexibility index (Phi) is 3.15. The van der Waals surface area contributed by atoms with Gasteiger partial charge in [0.1, 0.15) is 5.75 Å². The first-order chi connectivity index (χ1) is 9.35. The second-order valence-corrected chi connectivity index (χ2v) is 4.52. The van der Waals surface area contributed by atoms with Gasteiger partial charge in [-0.3, -0.25) is 4.98 Å². The van der Waals surface area contributed by atoms with E-state index < -0.39 is 0 Å². The number of hydrogen-bond acceptors (Lipinski definition) is 2. The summed E-state index contributed by atoms with van der Waals surface area (Å²) >= 11 is 0. The van der Waals surface area contributed by atoms with Crippen molar-refractivity contribution in [2.45, 2.75) is 6.42 Å². The Morgan fingerprint density at radius 2 is 1.68 bits per heavy atom. The molecule has 0 unspecified atom stereocenters. The molecule has 0 saturated heterocycles. The minimum Gasteiger partial charge on any atom is -0.497 e. The van der Waals surface area contributed by atoms with E-state index in [9.17, 15) is 0 Å². The maximum atomic E-state index is 5.16. The average Bonchev–Trinajstić information content (AvgIpc) is 2.48. The summed E-state index contributed by atoms with van der Waals surface area (Å²) in [7, 11) is 1.68. The quantitative estimate of drug-likeness (QED) is 0.703. The molecule has 0 spiro atoms. The summed E-state index contributed by atoms with van der Waals surface area (Å²) in [4.78, 5) is 4.68. The molecule has 0 atom stereocenters. The van der Waals surface area contributed by atoms with Crippen LogP contribution in [0.3, 0.4) is 0 Å². The number of fused-ring (bicyclic) bond motifs is 1. The molecule has 0 saturated carbocycles. The Bertz CT molecular complexity index is 689. The highest BCUT2D eigenvalue weighted by Gasteiger charge is 2.00. The zero-order valence-electron chi connectivity index (χ0n) is 10.8. The summed E-state index contributed by atoms with van der Waals surface area (Å²) < 4.78 is 5.16. The molecule has 0 N–H and O–H groups in total. The van der Waals surface area contributed by atoms with E-state index in [1.54, 1.807) is 7.11 Å². The molecule has 2 heteroatoms. The smallest absolute Gasteiger partial charge is 0.118 e. The van der Waals surface area contributed by atoms with Gasteiger partial charge in [-0.2, -0.15) is 0 Å². The van der Waals surface area contributed by atoms with Crippen molar-refractivity contribution in [3.63, 3.8) is 0 Å². The molecule has 2 nitrogen and oxygen atoms in total. The van der Waals surface area contributed by atoms with Crippen molar-refractivity contribution in [3.8, 4) is 5.75 Å². The molecule has 2 aromatic carbocycles. The summed E-state index contributed by atoms with van der Waals surface area (Å²) in [5.74, 6) is 0.884. The van der Waals surface area contributed by atoms with E-state index in [0.29, 0.717) is 0 Å². The van der Waals surface area contributed by atoms with Gasteiger partial charge in [0.05, 0.1) is 12.6 Å². The topological polar surface area (TPSA) is 22.1 Å². The number of hydrogen-bond donors (Lipinski definition) is 0. The molecule has 0 amide bonds. The van der Waals surface area contributed by atoms with E-state index in [1.165, 1.54) is 10.9 Å². The molecular formula is C17H15NO. The molecule has 0 radical (unpaired) electrons. The number of pyridine rings is 1. The van der Waals surface area contributed by atoms with Crippen molar-refractivity contribution in [2.75, 3.05) is 7.11 Å². The van der Waals surface area contributed by atoms with Crippen molar-refractivity contribution < 1.29 is 4.74 Å². The molecule has 19 heavy (non-hydrogen) atoms. The van der Waals surface area contributed by atoms with Gasteiger partial charge in [-0.1, -0.05) is 36.4 Å². The van der Waals surface area contributed by atoms with Crippen LogP contribution in [0, 0.1) is 0 Å². The number of ether oxygens (including phenoxy) is 1. The Morgan fingerprint density at radius 1 is 0.895 bits per heavy atom. The molecule has 3 aromatic rings. The zero-order valence-corrected chi connectivity index (χ0v) is 10.8. The van der Waals surface area contributed by atoms with Gasteiger partial charge >= 0.3 is 0 Å². The van der Waals surface area contributed by atoms with Crippen molar-refractivity contribution in [1.82, 2.24) is 4.98 Å². The van der Waals surface area contributed by atoms with Gasteiger partial charge in [0, 0.05) is 17.5 Å². The third-order valence-electron chi connectivity index (χ3n) is 3.20. The van der Waals surface area contributed by atoms with Gasteiger partial charge in [0.15, 0.2) is 0 Å². The molecule has 1 heterocycles. The van der Waals surface area contributed by atoms with E-state index in [4.69, 9.17) is 4.74 Å². The Labute approximate surface area is 112 Å². The summed E-state index contributed by atoms with van der Waals surface area (Å²) in [6.45, 7) is 0. The maximum Gasteiger partial charge on any atom is 0.118 e. The lowest BCUT2D eigenvalue weighted by molar-refractivity contribution is 0.414. The summed E-state index contributed by atoms with van der Waals surface area (Å²) in [6.07, 6.45) is 0.842. The zero-order chi connectivity index (χ0) is 13.1. The van der Waals surface area contributed by atoms with E-state index in [0.717, 1.165) is 23.4 Å². The lowest BCUT2D eigenvalue weighted by Crippen LogP contribution is -1.93. The third-order valence-corrected chi connectivity index (χ3v) is 3.20. The molecular weight excluding hydrogens is 234 g/mol. The Balaban J connectivity index is 1.87. The van der Waals surface area contributed by atoms with Gasteiger partial charge in [0.25, 0.3) is 0 Å². The van der Waals surface area contributed by atoms with Gasteiger partial charge < -0.3 is 4.74 Å². The molecule has 0 bridgehead atoms. The van der Waals surface area contributed by atoms with Crippen molar-refractivity contribution >= 4 is 10.9 Å². The van der Waals surface area contributed by atoms with E-state index in [2.05, 4.69) is 35.3 Å². The number of methoxy groups -OCH3 is 1. The number of rotatable bonds is 3. The van der Waals surface area contributed by atoms with E-state index in [-0.39, 0.29) is 0 Å². The minimum atomic E-state index is 0.842. The van der Waals surface area contributed by atoms with Crippen LogP contribution in [-0.2, 0) is 6.42 Å². The number of para-hydroxylation sites is 1. The lowest BCUT2D eigenvalue weighted by Gasteiger charge is -2.04. The van der Waals surface area contributed by atoms with Crippen LogP contribution in [0.5, 0.6) is 5.75 Å². The minimum absolute atomic E-state index is 0.842. The number of aromatic nitrogens is 1. The molecule has 0 aliphatic heterocycles. The Hall–Kier alpha value is -2.35. The van der Waals surface area contributed by atoms with Gasteiger partial charge in [-0.05, 0) is 29.8 Å². The van der Waals surface area contributed by atoms with Crippen molar-refractivity contribution in [3.05, 3.63) is 71.9 Å². The van der Waals surface area contributed by atoms with Crippen LogP contribution in [0.15, 0.2) is 60.7 Å². The van der Waals surface area contributed by atoms with Crippen LogP contribution in [0.1, 0.15) is 11.3 Å². The second kappa shape index (κ2) is 5.11. The predicted molar refractivity (Wildman–Crippen MR) is 77.5 cm³/mol. The number of benzene rings is 2. The monoisotopic (exact) mass is 249 g/mol.